The van der Waals surface area contributed by atoms with Crippen molar-refractivity contribution < 1.29 is 9.84 Å². The molecule has 0 amide bonds. The van der Waals surface area contributed by atoms with E-state index in [2.05, 4.69) is 20.7 Å². The average Bonchev–Trinajstić information content (AvgIpc) is 2.96. The first kappa shape index (κ1) is 13.5. The van der Waals surface area contributed by atoms with E-state index in [1.54, 1.807) is 0 Å². The summed E-state index contributed by atoms with van der Waals surface area (Å²) >= 11 is 1.53. The summed E-state index contributed by atoms with van der Waals surface area (Å²) in [6.45, 7) is 1.30. The van der Waals surface area contributed by atoms with Crippen LogP contribution in [0, 0.1) is 0 Å². The molecule has 0 atom stereocenters. The van der Waals surface area contributed by atoms with Gasteiger partial charge in [0.1, 0.15) is 10.6 Å². The van der Waals surface area contributed by atoms with E-state index in [9.17, 15) is 5.11 Å². The highest BCUT2D eigenvalue weighted by molar-refractivity contribution is 7.16. The minimum absolute atomic E-state index is 0.0391. The zero-order valence-electron chi connectivity index (χ0n) is 10.9. The fraction of sp³-hybridized carbons (Fsp3) is 0.500. The Hall–Kier alpha value is -1.48. The topological polar surface area (TPSA) is 105 Å². The molecule has 2 aromatic rings. The molecule has 0 bridgehead atoms. The Kier molecular flexibility index (Phi) is 3.70. The van der Waals surface area contributed by atoms with Gasteiger partial charge in [-0.15, -0.1) is 11.3 Å². The lowest BCUT2D eigenvalue weighted by Crippen LogP contribution is -2.47. The molecule has 20 heavy (non-hydrogen) atoms. The Morgan fingerprint density at radius 1 is 1.40 bits per heavy atom. The van der Waals surface area contributed by atoms with Gasteiger partial charge in [-0.2, -0.15) is 4.98 Å². The van der Waals surface area contributed by atoms with E-state index in [-0.39, 0.29) is 6.61 Å². The summed E-state index contributed by atoms with van der Waals surface area (Å²) in [4.78, 5) is 9.53. The molecule has 1 saturated heterocycles. The van der Waals surface area contributed by atoms with E-state index in [1.807, 2.05) is 11.4 Å². The van der Waals surface area contributed by atoms with E-state index in [1.165, 1.54) is 11.3 Å². The summed E-state index contributed by atoms with van der Waals surface area (Å²) in [5, 5.41) is 16.0. The normalized spacial score (nSPS) is 18.1. The number of hydrogen-bond acceptors (Lipinski definition) is 8. The van der Waals surface area contributed by atoms with E-state index >= 15 is 0 Å². The van der Waals surface area contributed by atoms with Crippen LogP contribution in [0.4, 0.5) is 11.8 Å². The Morgan fingerprint density at radius 3 is 2.90 bits per heavy atom. The minimum atomic E-state index is -0.395. The molecule has 3 heterocycles. The van der Waals surface area contributed by atoms with Gasteiger partial charge in [0.15, 0.2) is 0 Å². The monoisotopic (exact) mass is 295 g/mol. The van der Waals surface area contributed by atoms with Crippen molar-refractivity contribution in [2.45, 2.75) is 18.4 Å². The summed E-state index contributed by atoms with van der Waals surface area (Å²) < 4.78 is 5.37. The molecule has 2 aromatic heterocycles. The number of nitrogen functional groups attached to an aromatic ring is 1. The van der Waals surface area contributed by atoms with E-state index in [0.29, 0.717) is 25.0 Å². The van der Waals surface area contributed by atoms with Crippen LogP contribution >= 0.6 is 11.3 Å². The maximum atomic E-state index is 9.75. The number of thiophene rings is 1. The Labute approximate surface area is 120 Å². The number of rotatable bonds is 4. The summed E-state index contributed by atoms with van der Waals surface area (Å²) in [6.07, 6.45) is 1.48. The van der Waals surface area contributed by atoms with Crippen molar-refractivity contribution in [3.63, 3.8) is 0 Å². The summed E-state index contributed by atoms with van der Waals surface area (Å²) in [5.74, 6) is 6.47. The maximum Gasteiger partial charge on any atom is 0.240 e. The molecule has 0 spiro atoms. The molecule has 0 radical (unpaired) electrons. The third-order valence-corrected chi connectivity index (χ3v) is 4.40. The standard InChI is InChI=1S/C12H17N5O2S/c13-17-11-14-9(8-1-6-20-10(8)15-11)16-12(7-18)2-4-19-5-3-12/h1,6,18H,2-5,7,13H2,(H2,14,15,16,17). The lowest BCUT2D eigenvalue weighted by molar-refractivity contribution is 0.0379. The molecular weight excluding hydrogens is 278 g/mol. The van der Waals surface area contributed by atoms with Crippen molar-refractivity contribution in [3.05, 3.63) is 11.4 Å². The van der Waals surface area contributed by atoms with Crippen LogP contribution in [0.15, 0.2) is 11.4 Å². The molecule has 1 aliphatic rings. The number of nitrogens with one attached hydrogen (secondary N) is 2. The molecular formula is C12H17N5O2S. The largest absolute Gasteiger partial charge is 0.394 e. The number of aromatic nitrogens is 2. The molecule has 108 valence electrons. The van der Waals surface area contributed by atoms with Gasteiger partial charge in [-0.1, -0.05) is 0 Å². The van der Waals surface area contributed by atoms with Crippen LogP contribution in [0.3, 0.4) is 0 Å². The third kappa shape index (κ3) is 2.42. The Bertz CT molecular complexity index is 597. The number of nitrogens with zero attached hydrogens (tertiary/aromatic N) is 2. The molecule has 1 fully saturated rings. The van der Waals surface area contributed by atoms with Gasteiger partial charge in [0.25, 0.3) is 0 Å². The molecule has 0 aliphatic carbocycles. The van der Waals surface area contributed by atoms with Crippen LogP contribution in [0.1, 0.15) is 12.8 Å². The first-order valence-electron chi connectivity index (χ1n) is 6.45. The highest BCUT2D eigenvalue weighted by atomic mass is 32.1. The quantitative estimate of drug-likeness (QED) is 0.491. The summed E-state index contributed by atoms with van der Waals surface area (Å²) in [6, 6.07) is 1.97. The number of aliphatic hydroxyl groups is 1. The van der Waals surface area contributed by atoms with Gasteiger partial charge in [-0.25, -0.2) is 10.8 Å². The first-order valence-corrected chi connectivity index (χ1v) is 7.33. The molecule has 5 N–H and O–H groups in total. The van der Waals surface area contributed by atoms with Gasteiger partial charge in [0, 0.05) is 13.2 Å². The predicted molar refractivity (Wildman–Crippen MR) is 78.7 cm³/mol. The fourth-order valence-corrected chi connectivity index (χ4v) is 3.12. The van der Waals surface area contributed by atoms with Crippen molar-refractivity contribution in [2.75, 3.05) is 30.6 Å². The number of hydrogen-bond donors (Lipinski definition) is 4. The molecule has 0 saturated carbocycles. The van der Waals surface area contributed by atoms with Gasteiger partial charge < -0.3 is 15.2 Å². The number of ether oxygens (including phenoxy) is 1. The van der Waals surface area contributed by atoms with Crippen LogP contribution in [-0.2, 0) is 4.74 Å². The molecule has 1 aliphatic heterocycles. The van der Waals surface area contributed by atoms with Gasteiger partial charge >= 0.3 is 0 Å². The number of anilines is 2. The Morgan fingerprint density at radius 2 is 2.20 bits per heavy atom. The van der Waals surface area contributed by atoms with E-state index < -0.39 is 5.54 Å². The maximum absolute atomic E-state index is 9.75. The van der Waals surface area contributed by atoms with Gasteiger partial charge in [-0.3, -0.25) is 5.43 Å². The van der Waals surface area contributed by atoms with Gasteiger partial charge in [0.05, 0.1) is 17.5 Å². The molecule has 3 rings (SSSR count). The van der Waals surface area contributed by atoms with E-state index in [4.69, 9.17) is 10.6 Å². The zero-order chi connectivity index (χ0) is 14.0. The number of nitrogens with two attached hydrogens (primary N) is 1. The molecule has 0 unspecified atom stereocenters. The van der Waals surface area contributed by atoms with Gasteiger partial charge in [0.2, 0.25) is 5.95 Å². The number of aliphatic hydroxyl groups excluding tert-OH is 1. The molecule has 8 heteroatoms. The first-order chi connectivity index (χ1) is 9.76. The summed E-state index contributed by atoms with van der Waals surface area (Å²) in [5.41, 5.74) is 2.08. The predicted octanol–water partition coefficient (Wildman–Crippen LogP) is 0.930. The lowest BCUT2D eigenvalue weighted by Gasteiger charge is -2.36. The number of hydrazine groups is 1. The smallest absolute Gasteiger partial charge is 0.240 e. The van der Waals surface area contributed by atoms with Crippen molar-refractivity contribution in [3.8, 4) is 0 Å². The second kappa shape index (κ2) is 5.49. The minimum Gasteiger partial charge on any atom is -0.394 e. The van der Waals surface area contributed by atoms with Crippen LogP contribution in [0.5, 0.6) is 0 Å². The Balaban J connectivity index is 1.98. The molecule has 7 nitrogen and oxygen atoms in total. The van der Waals surface area contributed by atoms with Crippen LogP contribution in [0.25, 0.3) is 10.2 Å². The second-order valence-electron chi connectivity index (χ2n) is 4.86. The second-order valence-corrected chi connectivity index (χ2v) is 5.75. The highest BCUT2D eigenvalue weighted by Crippen LogP contribution is 2.31. The van der Waals surface area contributed by atoms with Gasteiger partial charge in [-0.05, 0) is 24.3 Å². The van der Waals surface area contributed by atoms with E-state index in [0.717, 1.165) is 23.1 Å². The molecule has 0 aromatic carbocycles. The SMILES string of the molecule is NNc1nc(NC2(CO)CCOCC2)c2ccsc2n1. The summed E-state index contributed by atoms with van der Waals surface area (Å²) in [7, 11) is 0. The third-order valence-electron chi connectivity index (χ3n) is 3.59. The highest BCUT2D eigenvalue weighted by Gasteiger charge is 2.32. The van der Waals surface area contributed by atoms with Crippen molar-refractivity contribution >= 4 is 33.3 Å². The zero-order valence-corrected chi connectivity index (χ0v) is 11.7. The van der Waals surface area contributed by atoms with Crippen molar-refractivity contribution in [2.24, 2.45) is 5.84 Å². The van der Waals surface area contributed by atoms with Crippen LogP contribution in [-0.4, -0.2) is 40.4 Å². The lowest BCUT2D eigenvalue weighted by atomic mass is 9.91. The van der Waals surface area contributed by atoms with Crippen LogP contribution < -0.4 is 16.6 Å². The van der Waals surface area contributed by atoms with Crippen molar-refractivity contribution in [1.82, 2.24) is 9.97 Å². The van der Waals surface area contributed by atoms with Crippen molar-refractivity contribution in [1.29, 1.82) is 0 Å². The average molecular weight is 295 g/mol. The number of fused-ring (bicyclic) bond motifs is 1. The van der Waals surface area contributed by atoms with Crippen LogP contribution in [0.2, 0.25) is 0 Å². The fourth-order valence-electron chi connectivity index (χ4n) is 2.35.